The van der Waals surface area contributed by atoms with Gasteiger partial charge in [0.2, 0.25) is 0 Å². The lowest BCUT2D eigenvalue weighted by Gasteiger charge is -2.05. The van der Waals surface area contributed by atoms with Gasteiger partial charge in [0.05, 0.1) is 36.2 Å². The number of rotatable bonds is 3. The molecule has 0 aliphatic carbocycles. The van der Waals surface area contributed by atoms with Gasteiger partial charge in [0.25, 0.3) is 0 Å². The zero-order valence-electron chi connectivity index (χ0n) is 8.59. The van der Waals surface area contributed by atoms with Crippen molar-refractivity contribution in [3.8, 4) is 0 Å². The highest BCUT2D eigenvalue weighted by Crippen LogP contribution is 2.02. The predicted octanol–water partition coefficient (Wildman–Crippen LogP) is 0.489. The van der Waals surface area contributed by atoms with E-state index in [-0.39, 0.29) is 0 Å². The number of hydrogen-bond acceptors (Lipinski definition) is 4. The van der Waals surface area contributed by atoms with Crippen LogP contribution in [0.1, 0.15) is 17.1 Å². The van der Waals surface area contributed by atoms with Crippen molar-refractivity contribution in [1.82, 2.24) is 19.5 Å². The third-order valence-electron chi connectivity index (χ3n) is 2.17. The van der Waals surface area contributed by atoms with Crippen LogP contribution >= 0.6 is 0 Å². The maximum absolute atomic E-state index is 5.58. The molecule has 0 fully saturated rings. The lowest BCUT2D eigenvalue weighted by Crippen LogP contribution is -2.08. The van der Waals surface area contributed by atoms with Gasteiger partial charge in [0.1, 0.15) is 0 Å². The summed E-state index contributed by atoms with van der Waals surface area (Å²) in [7, 11) is 0. The molecule has 5 nitrogen and oxygen atoms in total. The molecule has 0 radical (unpaired) electrons. The zero-order valence-corrected chi connectivity index (χ0v) is 8.59. The van der Waals surface area contributed by atoms with Crippen LogP contribution in [0.3, 0.4) is 0 Å². The Morgan fingerprint density at radius 2 is 2.13 bits per heavy atom. The fourth-order valence-electron chi connectivity index (χ4n) is 1.34. The number of nitrogens with zero attached hydrogens (tertiary/aromatic N) is 4. The molecule has 0 saturated heterocycles. The highest BCUT2D eigenvalue weighted by Gasteiger charge is 2.01. The molecule has 0 aromatic carbocycles. The van der Waals surface area contributed by atoms with Crippen LogP contribution in [0.25, 0.3) is 0 Å². The molecule has 2 aromatic heterocycles. The van der Waals surface area contributed by atoms with Crippen molar-refractivity contribution in [2.75, 3.05) is 0 Å². The summed E-state index contributed by atoms with van der Waals surface area (Å²) >= 11 is 0. The van der Waals surface area contributed by atoms with Crippen LogP contribution < -0.4 is 5.73 Å². The van der Waals surface area contributed by atoms with Gasteiger partial charge in [-0.3, -0.25) is 9.97 Å². The molecule has 2 rings (SSSR count). The van der Waals surface area contributed by atoms with E-state index in [0.717, 1.165) is 17.1 Å². The van der Waals surface area contributed by atoms with Crippen molar-refractivity contribution >= 4 is 0 Å². The second kappa shape index (κ2) is 4.18. The minimum Gasteiger partial charge on any atom is -0.327 e. The zero-order chi connectivity index (χ0) is 10.7. The molecular formula is C10H13N5. The van der Waals surface area contributed by atoms with Gasteiger partial charge in [-0.1, -0.05) is 0 Å². The van der Waals surface area contributed by atoms with Gasteiger partial charge in [-0.2, -0.15) is 0 Å². The van der Waals surface area contributed by atoms with Crippen LogP contribution in [-0.4, -0.2) is 19.5 Å². The third-order valence-corrected chi connectivity index (χ3v) is 2.17. The summed E-state index contributed by atoms with van der Waals surface area (Å²) in [6, 6.07) is 0. The molecule has 0 bridgehead atoms. The van der Waals surface area contributed by atoms with E-state index < -0.39 is 0 Å². The van der Waals surface area contributed by atoms with E-state index in [1.807, 2.05) is 11.5 Å². The van der Waals surface area contributed by atoms with E-state index in [2.05, 4.69) is 15.0 Å². The van der Waals surface area contributed by atoms with E-state index in [0.29, 0.717) is 13.1 Å². The first-order chi connectivity index (χ1) is 7.29. The molecule has 78 valence electrons. The van der Waals surface area contributed by atoms with E-state index in [1.165, 1.54) is 0 Å². The molecule has 2 heterocycles. The molecule has 0 unspecified atom stereocenters. The number of nitrogens with two attached hydrogens (primary N) is 1. The maximum atomic E-state index is 5.58. The van der Waals surface area contributed by atoms with Crippen molar-refractivity contribution in [2.24, 2.45) is 5.73 Å². The van der Waals surface area contributed by atoms with E-state index in [9.17, 15) is 0 Å². The van der Waals surface area contributed by atoms with Gasteiger partial charge >= 0.3 is 0 Å². The van der Waals surface area contributed by atoms with Gasteiger partial charge in [-0.25, -0.2) is 4.98 Å². The molecule has 2 N–H and O–H groups in total. The molecule has 0 spiro atoms. The third kappa shape index (κ3) is 2.19. The molecule has 0 amide bonds. The summed E-state index contributed by atoms with van der Waals surface area (Å²) in [4.78, 5) is 12.5. The smallest absolute Gasteiger partial charge is 0.0952 e. The summed E-state index contributed by atoms with van der Waals surface area (Å²) in [6.07, 6.45) is 7.05. The van der Waals surface area contributed by atoms with Crippen molar-refractivity contribution in [3.63, 3.8) is 0 Å². The minimum absolute atomic E-state index is 0.485. The van der Waals surface area contributed by atoms with Gasteiger partial charge in [0, 0.05) is 18.9 Å². The Hall–Kier alpha value is -1.75. The summed E-state index contributed by atoms with van der Waals surface area (Å²) in [5.74, 6) is 0. The highest BCUT2D eigenvalue weighted by molar-refractivity contribution is 5.05. The van der Waals surface area contributed by atoms with Crippen LogP contribution in [0.5, 0.6) is 0 Å². The van der Waals surface area contributed by atoms with Crippen LogP contribution in [0.4, 0.5) is 0 Å². The summed E-state index contributed by atoms with van der Waals surface area (Å²) < 4.78 is 1.97. The first kappa shape index (κ1) is 9.79. The Labute approximate surface area is 88.0 Å². The average molecular weight is 203 g/mol. The van der Waals surface area contributed by atoms with E-state index >= 15 is 0 Å². The molecule has 0 saturated carbocycles. The number of hydrogen-bond donors (Lipinski definition) is 1. The SMILES string of the molecule is Cc1cnc(Cn2cncc2CN)cn1. The second-order valence-electron chi connectivity index (χ2n) is 3.37. The Bertz CT molecular complexity index is 431. The molecule has 0 aliphatic rings. The fourth-order valence-corrected chi connectivity index (χ4v) is 1.34. The molecule has 0 atom stereocenters. The Kier molecular flexibility index (Phi) is 2.73. The quantitative estimate of drug-likeness (QED) is 0.788. The maximum Gasteiger partial charge on any atom is 0.0952 e. The summed E-state index contributed by atoms with van der Waals surface area (Å²) in [5, 5.41) is 0. The largest absolute Gasteiger partial charge is 0.327 e. The minimum atomic E-state index is 0.485. The molecular weight excluding hydrogens is 190 g/mol. The first-order valence-electron chi connectivity index (χ1n) is 4.76. The van der Waals surface area contributed by atoms with Gasteiger partial charge in [-0.15, -0.1) is 0 Å². The lowest BCUT2D eigenvalue weighted by molar-refractivity contribution is 0.718. The summed E-state index contributed by atoms with van der Waals surface area (Å²) in [5.41, 5.74) is 8.40. The normalized spacial score (nSPS) is 10.5. The molecule has 2 aromatic rings. The van der Waals surface area contributed by atoms with E-state index in [1.54, 1.807) is 24.9 Å². The van der Waals surface area contributed by atoms with Crippen LogP contribution in [0.15, 0.2) is 24.9 Å². The molecule has 5 heteroatoms. The highest BCUT2D eigenvalue weighted by atomic mass is 15.1. The fraction of sp³-hybridized carbons (Fsp3) is 0.300. The van der Waals surface area contributed by atoms with Crippen molar-refractivity contribution < 1.29 is 0 Å². The van der Waals surface area contributed by atoms with Gasteiger partial charge < -0.3 is 10.3 Å². The van der Waals surface area contributed by atoms with Crippen LogP contribution in [-0.2, 0) is 13.1 Å². The van der Waals surface area contributed by atoms with Crippen molar-refractivity contribution in [3.05, 3.63) is 42.0 Å². The van der Waals surface area contributed by atoms with E-state index in [4.69, 9.17) is 5.73 Å². The Morgan fingerprint density at radius 1 is 1.27 bits per heavy atom. The first-order valence-corrected chi connectivity index (χ1v) is 4.76. The Morgan fingerprint density at radius 3 is 2.80 bits per heavy atom. The van der Waals surface area contributed by atoms with Crippen molar-refractivity contribution in [2.45, 2.75) is 20.0 Å². The monoisotopic (exact) mass is 203 g/mol. The van der Waals surface area contributed by atoms with Gasteiger partial charge in [0.15, 0.2) is 0 Å². The molecule has 0 aliphatic heterocycles. The number of aryl methyl sites for hydroxylation is 1. The topological polar surface area (TPSA) is 69.6 Å². The number of aromatic nitrogens is 4. The molecule has 15 heavy (non-hydrogen) atoms. The second-order valence-corrected chi connectivity index (χ2v) is 3.37. The van der Waals surface area contributed by atoms with Crippen molar-refractivity contribution in [1.29, 1.82) is 0 Å². The summed E-state index contributed by atoms with van der Waals surface area (Å²) in [6.45, 7) is 3.07. The van der Waals surface area contributed by atoms with Crippen LogP contribution in [0, 0.1) is 6.92 Å². The average Bonchev–Trinajstić information content (AvgIpc) is 2.69. The number of imidazole rings is 1. The van der Waals surface area contributed by atoms with Crippen LogP contribution in [0.2, 0.25) is 0 Å². The lowest BCUT2D eigenvalue weighted by atomic mass is 10.4. The van der Waals surface area contributed by atoms with Gasteiger partial charge in [-0.05, 0) is 6.92 Å². The Balaban J connectivity index is 2.18. The predicted molar refractivity (Wildman–Crippen MR) is 56.0 cm³/mol. The standard InChI is InChI=1S/C10H13N5/c1-8-3-14-9(4-13-8)6-15-7-12-5-10(15)2-11/h3-5,7H,2,6,11H2,1H3.